The number of hydrogen-bond acceptors (Lipinski definition) is 4. The number of anilines is 1. The second-order valence-corrected chi connectivity index (χ2v) is 6.81. The van der Waals surface area contributed by atoms with Crippen LogP contribution in [0.2, 0.25) is 5.15 Å². The molecule has 1 aliphatic carbocycles. The van der Waals surface area contributed by atoms with E-state index in [0.29, 0.717) is 17.2 Å². The van der Waals surface area contributed by atoms with Crippen LogP contribution in [0.3, 0.4) is 0 Å². The summed E-state index contributed by atoms with van der Waals surface area (Å²) in [6.45, 7) is 0. The van der Waals surface area contributed by atoms with Gasteiger partial charge in [0, 0.05) is 35.4 Å². The van der Waals surface area contributed by atoms with Gasteiger partial charge >= 0.3 is 0 Å². The van der Waals surface area contributed by atoms with Crippen molar-refractivity contribution in [3.8, 4) is 11.1 Å². The van der Waals surface area contributed by atoms with Gasteiger partial charge in [0.15, 0.2) is 0 Å². The number of nitrogens with one attached hydrogen (secondary N) is 2. The molecule has 0 radical (unpaired) electrons. The average molecular weight is 342 g/mol. The Hall–Kier alpha value is -2.11. The van der Waals surface area contributed by atoms with Crippen LogP contribution >= 0.6 is 11.6 Å². The zero-order valence-corrected chi connectivity index (χ0v) is 14.1. The fourth-order valence-corrected chi connectivity index (χ4v) is 3.60. The number of H-pyrrole nitrogens is 1. The maximum absolute atomic E-state index is 6.26. The SMILES string of the molecule is N[C@H]1CC[C@H](Nc2cc(-c3c[nH]c4ncccc34)cc(Cl)n2)CC1. The molecule has 4 rings (SSSR count). The highest BCUT2D eigenvalue weighted by Gasteiger charge is 2.19. The highest BCUT2D eigenvalue weighted by molar-refractivity contribution is 6.29. The number of rotatable bonds is 3. The lowest BCUT2D eigenvalue weighted by molar-refractivity contribution is 0.410. The quantitative estimate of drug-likeness (QED) is 0.630. The Balaban J connectivity index is 1.64. The van der Waals surface area contributed by atoms with Crippen LogP contribution < -0.4 is 11.1 Å². The second kappa shape index (κ2) is 6.42. The van der Waals surface area contributed by atoms with Gasteiger partial charge in [0.25, 0.3) is 0 Å². The molecule has 6 heteroatoms. The fraction of sp³-hybridized carbons (Fsp3) is 0.333. The van der Waals surface area contributed by atoms with Gasteiger partial charge in [-0.15, -0.1) is 0 Å². The minimum absolute atomic E-state index is 0.338. The van der Waals surface area contributed by atoms with E-state index in [2.05, 4.69) is 32.4 Å². The molecule has 0 aromatic carbocycles. The van der Waals surface area contributed by atoms with Crippen LogP contribution in [0, 0.1) is 0 Å². The highest BCUT2D eigenvalue weighted by atomic mass is 35.5. The van der Waals surface area contributed by atoms with Gasteiger partial charge in [-0.25, -0.2) is 9.97 Å². The Labute approximate surface area is 145 Å². The normalized spacial score (nSPS) is 21.1. The molecular weight excluding hydrogens is 322 g/mol. The summed E-state index contributed by atoms with van der Waals surface area (Å²) in [7, 11) is 0. The van der Waals surface area contributed by atoms with Gasteiger partial charge in [-0.3, -0.25) is 0 Å². The van der Waals surface area contributed by atoms with Crippen LogP contribution in [0.5, 0.6) is 0 Å². The minimum Gasteiger partial charge on any atom is -0.367 e. The summed E-state index contributed by atoms with van der Waals surface area (Å²) in [5, 5.41) is 5.08. The van der Waals surface area contributed by atoms with E-state index in [1.165, 1.54) is 0 Å². The lowest BCUT2D eigenvalue weighted by Crippen LogP contribution is -2.33. The fourth-order valence-electron chi connectivity index (χ4n) is 3.39. The molecule has 0 unspecified atom stereocenters. The topological polar surface area (TPSA) is 79.6 Å². The van der Waals surface area contributed by atoms with Crippen molar-refractivity contribution in [1.82, 2.24) is 15.0 Å². The van der Waals surface area contributed by atoms with Crippen LogP contribution in [0.25, 0.3) is 22.2 Å². The van der Waals surface area contributed by atoms with Gasteiger partial charge in [-0.05, 0) is 55.5 Å². The molecule has 0 bridgehead atoms. The Morgan fingerprint density at radius 1 is 1.21 bits per heavy atom. The Bertz CT molecular complexity index is 851. The predicted octanol–water partition coefficient (Wildman–Crippen LogP) is 3.96. The van der Waals surface area contributed by atoms with Crippen LogP contribution in [-0.2, 0) is 0 Å². The molecular formula is C18H20ClN5. The maximum Gasteiger partial charge on any atom is 0.137 e. The number of halogens is 1. The standard InChI is InChI=1S/C18H20ClN5/c19-16-8-11(15-10-22-18-14(15)2-1-7-21-18)9-17(24-16)23-13-5-3-12(20)4-6-13/h1-2,7-10,12-13H,3-6,20H2,(H,21,22)(H,23,24)/t12-,13-. The molecule has 1 fully saturated rings. The van der Waals surface area contributed by atoms with Crippen molar-refractivity contribution in [2.75, 3.05) is 5.32 Å². The first kappa shape index (κ1) is 15.4. The van der Waals surface area contributed by atoms with E-state index in [1.807, 2.05) is 18.3 Å². The summed E-state index contributed by atoms with van der Waals surface area (Å²) in [4.78, 5) is 12.0. The van der Waals surface area contributed by atoms with Gasteiger partial charge in [0.05, 0.1) is 0 Å². The maximum atomic E-state index is 6.26. The van der Waals surface area contributed by atoms with E-state index in [1.54, 1.807) is 6.20 Å². The first-order valence-corrected chi connectivity index (χ1v) is 8.69. The van der Waals surface area contributed by atoms with E-state index < -0.39 is 0 Å². The summed E-state index contributed by atoms with van der Waals surface area (Å²) in [5.41, 5.74) is 8.96. The molecule has 1 saturated carbocycles. The van der Waals surface area contributed by atoms with Gasteiger partial charge in [0.1, 0.15) is 16.6 Å². The molecule has 24 heavy (non-hydrogen) atoms. The summed E-state index contributed by atoms with van der Waals surface area (Å²) < 4.78 is 0. The number of hydrogen-bond donors (Lipinski definition) is 3. The van der Waals surface area contributed by atoms with Gasteiger partial charge in [-0.1, -0.05) is 11.6 Å². The smallest absolute Gasteiger partial charge is 0.137 e. The zero-order chi connectivity index (χ0) is 16.5. The number of aromatic nitrogens is 3. The van der Waals surface area contributed by atoms with E-state index in [9.17, 15) is 0 Å². The number of aromatic amines is 1. The summed E-state index contributed by atoms with van der Waals surface area (Å²) in [6, 6.07) is 8.68. The van der Waals surface area contributed by atoms with Crippen LogP contribution in [-0.4, -0.2) is 27.0 Å². The number of fused-ring (bicyclic) bond motifs is 1. The third-order valence-electron chi connectivity index (χ3n) is 4.68. The highest BCUT2D eigenvalue weighted by Crippen LogP contribution is 2.31. The Morgan fingerprint density at radius 3 is 2.88 bits per heavy atom. The molecule has 124 valence electrons. The molecule has 0 spiro atoms. The van der Waals surface area contributed by atoms with Crippen LogP contribution in [0.15, 0.2) is 36.7 Å². The number of nitrogens with two attached hydrogens (primary N) is 1. The minimum atomic E-state index is 0.338. The third-order valence-corrected chi connectivity index (χ3v) is 4.87. The Kier molecular flexibility index (Phi) is 4.12. The lowest BCUT2D eigenvalue weighted by Gasteiger charge is -2.27. The monoisotopic (exact) mass is 341 g/mol. The van der Waals surface area contributed by atoms with Crippen molar-refractivity contribution >= 4 is 28.5 Å². The van der Waals surface area contributed by atoms with Crippen LogP contribution in [0.4, 0.5) is 5.82 Å². The average Bonchev–Trinajstić information content (AvgIpc) is 3.01. The molecule has 0 atom stereocenters. The molecule has 5 nitrogen and oxygen atoms in total. The Morgan fingerprint density at radius 2 is 2.04 bits per heavy atom. The first-order valence-electron chi connectivity index (χ1n) is 8.31. The van der Waals surface area contributed by atoms with Gasteiger partial charge in [0.2, 0.25) is 0 Å². The van der Waals surface area contributed by atoms with E-state index >= 15 is 0 Å². The van der Waals surface area contributed by atoms with Gasteiger partial charge in [-0.2, -0.15) is 0 Å². The zero-order valence-electron chi connectivity index (χ0n) is 13.3. The molecule has 1 aliphatic rings. The first-order chi connectivity index (χ1) is 11.7. The van der Waals surface area contributed by atoms with Crippen molar-refractivity contribution < 1.29 is 0 Å². The van der Waals surface area contributed by atoms with Crippen molar-refractivity contribution in [2.45, 2.75) is 37.8 Å². The lowest BCUT2D eigenvalue weighted by atomic mass is 9.92. The molecule has 0 saturated heterocycles. The molecule has 4 N–H and O–H groups in total. The van der Waals surface area contributed by atoms with Gasteiger partial charge < -0.3 is 16.0 Å². The van der Waals surface area contributed by atoms with E-state index in [-0.39, 0.29) is 0 Å². The van der Waals surface area contributed by atoms with Crippen molar-refractivity contribution in [2.24, 2.45) is 5.73 Å². The molecule has 0 aliphatic heterocycles. The van der Waals surface area contributed by atoms with E-state index in [4.69, 9.17) is 17.3 Å². The largest absolute Gasteiger partial charge is 0.367 e. The molecule has 3 aromatic rings. The summed E-state index contributed by atoms with van der Waals surface area (Å²) >= 11 is 6.26. The van der Waals surface area contributed by atoms with Crippen molar-refractivity contribution in [3.05, 3.63) is 41.8 Å². The van der Waals surface area contributed by atoms with Crippen molar-refractivity contribution in [1.29, 1.82) is 0 Å². The second-order valence-electron chi connectivity index (χ2n) is 6.42. The number of pyridine rings is 2. The van der Waals surface area contributed by atoms with Crippen LogP contribution in [0.1, 0.15) is 25.7 Å². The molecule has 0 amide bonds. The summed E-state index contributed by atoms with van der Waals surface area (Å²) in [6.07, 6.45) is 8.00. The molecule has 3 aromatic heterocycles. The molecule has 3 heterocycles. The third kappa shape index (κ3) is 3.09. The van der Waals surface area contributed by atoms with Crippen molar-refractivity contribution in [3.63, 3.8) is 0 Å². The summed E-state index contributed by atoms with van der Waals surface area (Å²) in [5.74, 6) is 0.816. The van der Waals surface area contributed by atoms with E-state index in [0.717, 1.165) is 53.7 Å². The number of nitrogens with zero attached hydrogens (tertiary/aromatic N) is 2. The predicted molar refractivity (Wildman–Crippen MR) is 98.2 cm³/mol.